The van der Waals surface area contributed by atoms with Crippen LogP contribution in [0.25, 0.3) is 6.08 Å². The number of nitrogens with zero attached hydrogens (tertiary/aromatic N) is 1. The minimum Gasteiger partial charge on any atom is -0.483 e. The second-order valence-corrected chi connectivity index (χ2v) is 7.67. The average molecular weight is 497 g/mol. The Balaban J connectivity index is 1.59. The molecule has 8 heteroatoms. The summed E-state index contributed by atoms with van der Waals surface area (Å²) in [7, 11) is 0. The van der Waals surface area contributed by atoms with Gasteiger partial charge in [-0.05, 0) is 61.4 Å². The van der Waals surface area contributed by atoms with Gasteiger partial charge >= 0.3 is 5.97 Å². The molecule has 1 aromatic heterocycles. The summed E-state index contributed by atoms with van der Waals surface area (Å²) >= 11 is 3.37. The fourth-order valence-corrected chi connectivity index (χ4v) is 3.14. The van der Waals surface area contributed by atoms with E-state index in [1.807, 2.05) is 32.0 Å². The molecule has 1 N–H and O–H groups in total. The van der Waals surface area contributed by atoms with Crippen LogP contribution in [-0.4, -0.2) is 24.7 Å². The van der Waals surface area contributed by atoms with Crippen LogP contribution in [0, 0.1) is 13.8 Å². The van der Waals surface area contributed by atoms with Gasteiger partial charge < -0.3 is 13.9 Å². The molecule has 0 aliphatic rings. The topological polar surface area (TPSA) is 90.1 Å². The molecule has 32 heavy (non-hydrogen) atoms. The van der Waals surface area contributed by atoms with Crippen LogP contribution >= 0.6 is 15.9 Å². The molecule has 1 heterocycles. The van der Waals surface area contributed by atoms with E-state index in [0.717, 1.165) is 15.6 Å². The first-order valence-corrected chi connectivity index (χ1v) is 10.5. The lowest BCUT2D eigenvalue weighted by atomic mass is 10.1. The highest BCUT2D eigenvalue weighted by Gasteiger charge is 2.09. The number of halogens is 1. The summed E-state index contributed by atoms with van der Waals surface area (Å²) in [4.78, 5) is 24.2. The molecule has 0 saturated carbocycles. The molecule has 3 rings (SSSR count). The van der Waals surface area contributed by atoms with E-state index in [1.165, 1.54) is 24.6 Å². The van der Waals surface area contributed by atoms with E-state index in [4.69, 9.17) is 13.9 Å². The molecule has 0 radical (unpaired) electrons. The van der Waals surface area contributed by atoms with Crippen LogP contribution in [0.2, 0.25) is 0 Å². The number of para-hydroxylation sites is 1. The van der Waals surface area contributed by atoms with Gasteiger partial charge in [0.1, 0.15) is 17.3 Å². The second-order valence-electron chi connectivity index (χ2n) is 6.75. The predicted molar refractivity (Wildman–Crippen MR) is 125 cm³/mol. The summed E-state index contributed by atoms with van der Waals surface area (Å²) in [5.74, 6) is 0.496. The summed E-state index contributed by atoms with van der Waals surface area (Å²) in [5, 5.41) is 3.94. The van der Waals surface area contributed by atoms with Gasteiger partial charge in [-0.15, -0.1) is 0 Å². The Hall–Kier alpha value is -3.65. The number of hydrazone groups is 1. The molecule has 7 nitrogen and oxygen atoms in total. The van der Waals surface area contributed by atoms with Gasteiger partial charge in [0.25, 0.3) is 5.91 Å². The summed E-state index contributed by atoms with van der Waals surface area (Å²) in [5.41, 5.74) is 4.80. The molecule has 0 saturated heterocycles. The molecule has 2 aromatic carbocycles. The molecule has 3 aromatic rings. The first kappa shape index (κ1) is 23.0. The SMILES string of the molecule is Cc1cccc(C)c1OCC(=O)N/N=C\c1cc(Br)ccc1OC(=O)/C=C/c1ccco1. The Morgan fingerprint density at radius 2 is 1.91 bits per heavy atom. The maximum absolute atomic E-state index is 12.1. The van der Waals surface area contributed by atoms with Crippen LogP contribution in [0.1, 0.15) is 22.5 Å². The number of rotatable bonds is 8. The van der Waals surface area contributed by atoms with Gasteiger partial charge in [0.15, 0.2) is 6.61 Å². The van der Waals surface area contributed by atoms with Crippen molar-refractivity contribution in [3.63, 3.8) is 0 Å². The van der Waals surface area contributed by atoms with Crippen LogP contribution in [0.4, 0.5) is 0 Å². The molecule has 0 unspecified atom stereocenters. The molecule has 1 amide bonds. The van der Waals surface area contributed by atoms with Crippen molar-refractivity contribution in [1.82, 2.24) is 5.43 Å². The zero-order chi connectivity index (χ0) is 22.9. The maximum atomic E-state index is 12.1. The Labute approximate surface area is 193 Å². The minimum atomic E-state index is -0.579. The van der Waals surface area contributed by atoms with E-state index in [-0.39, 0.29) is 12.4 Å². The van der Waals surface area contributed by atoms with E-state index in [0.29, 0.717) is 17.1 Å². The largest absolute Gasteiger partial charge is 0.483 e. The lowest BCUT2D eigenvalue weighted by Gasteiger charge is -2.10. The third-order valence-corrected chi connectivity index (χ3v) is 4.75. The maximum Gasteiger partial charge on any atom is 0.336 e. The normalized spacial score (nSPS) is 11.1. The van der Waals surface area contributed by atoms with Gasteiger partial charge in [0.2, 0.25) is 0 Å². The van der Waals surface area contributed by atoms with Gasteiger partial charge in [-0.3, -0.25) is 4.79 Å². The Morgan fingerprint density at radius 3 is 2.62 bits per heavy atom. The first-order chi connectivity index (χ1) is 15.4. The van der Waals surface area contributed by atoms with E-state index in [9.17, 15) is 9.59 Å². The number of hydrogen-bond donors (Lipinski definition) is 1. The number of nitrogens with one attached hydrogen (secondary N) is 1. The van der Waals surface area contributed by atoms with Crippen molar-refractivity contribution in [2.45, 2.75) is 13.8 Å². The van der Waals surface area contributed by atoms with Crippen LogP contribution in [0.15, 0.2) is 74.9 Å². The molecule has 0 spiro atoms. The zero-order valence-corrected chi connectivity index (χ0v) is 19.1. The van der Waals surface area contributed by atoms with Crippen molar-refractivity contribution in [2.75, 3.05) is 6.61 Å². The molecule has 0 aliphatic heterocycles. The zero-order valence-electron chi connectivity index (χ0n) is 17.5. The standard InChI is InChI=1S/C24H21BrN2O5/c1-16-5-3-6-17(2)24(16)31-15-22(28)27-26-14-18-13-19(25)8-10-21(18)32-23(29)11-9-20-7-4-12-30-20/h3-14H,15H2,1-2H3,(H,27,28)/b11-9+,26-14-. The number of ether oxygens (including phenoxy) is 2. The number of aryl methyl sites for hydroxylation is 2. The van der Waals surface area contributed by atoms with Crippen molar-refractivity contribution in [1.29, 1.82) is 0 Å². The monoisotopic (exact) mass is 496 g/mol. The highest BCUT2D eigenvalue weighted by atomic mass is 79.9. The third kappa shape index (κ3) is 6.68. The quantitative estimate of drug-likeness (QED) is 0.159. The predicted octanol–water partition coefficient (Wildman–Crippen LogP) is 4.81. The molecule has 0 fully saturated rings. The number of amides is 1. The summed E-state index contributed by atoms with van der Waals surface area (Å²) in [6, 6.07) is 14.3. The smallest absolute Gasteiger partial charge is 0.336 e. The van der Waals surface area contributed by atoms with Gasteiger partial charge in [-0.25, -0.2) is 10.2 Å². The fourth-order valence-electron chi connectivity index (χ4n) is 2.76. The molecule has 0 atom stereocenters. The molecular formula is C24H21BrN2O5. The number of furan rings is 1. The van der Waals surface area contributed by atoms with E-state index in [1.54, 1.807) is 30.3 Å². The molecule has 0 bridgehead atoms. The van der Waals surface area contributed by atoms with Crippen LogP contribution < -0.4 is 14.9 Å². The summed E-state index contributed by atoms with van der Waals surface area (Å²) in [6.07, 6.45) is 5.66. The van der Waals surface area contributed by atoms with Gasteiger partial charge in [0.05, 0.1) is 12.5 Å². The summed E-state index contributed by atoms with van der Waals surface area (Å²) in [6.45, 7) is 3.65. The van der Waals surface area contributed by atoms with Crippen LogP contribution in [-0.2, 0) is 9.59 Å². The lowest BCUT2D eigenvalue weighted by Crippen LogP contribution is -2.25. The molecular weight excluding hydrogens is 476 g/mol. The van der Waals surface area contributed by atoms with Crippen LogP contribution in [0.3, 0.4) is 0 Å². The van der Waals surface area contributed by atoms with Crippen molar-refractivity contribution in [2.24, 2.45) is 5.10 Å². The third-order valence-electron chi connectivity index (χ3n) is 4.26. The van der Waals surface area contributed by atoms with Gasteiger partial charge in [-0.1, -0.05) is 34.1 Å². The van der Waals surface area contributed by atoms with Crippen molar-refractivity contribution in [3.8, 4) is 11.5 Å². The van der Waals surface area contributed by atoms with Crippen LogP contribution in [0.5, 0.6) is 11.5 Å². The lowest BCUT2D eigenvalue weighted by molar-refractivity contribution is -0.129. The van der Waals surface area contributed by atoms with Gasteiger partial charge in [-0.2, -0.15) is 5.10 Å². The van der Waals surface area contributed by atoms with E-state index < -0.39 is 11.9 Å². The Kier molecular flexibility index (Phi) is 7.99. The Bertz CT molecular complexity index is 1130. The Morgan fingerprint density at radius 1 is 1.12 bits per heavy atom. The van der Waals surface area contributed by atoms with Crippen molar-refractivity contribution < 1.29 is 23.5 Å². The molecule has 164 valence electrons. The number of carbonyl (C=O) groups excluding carboxylic acids is 2. The van der Waals surface area contributed by atoms with Gasteiger partial charge in [0, 0.05) is 16.1 Å². The number of carbonyl (C=O) groups is 2. The van der Waals surface area contributed by atoms with Crippen molar-refractivity contribution in [3.05, 3.63) is 87.8 Å². The highest BCUT2D eigenvalue weighted by Crippen LogP contribution is 2.23. The second kappa shape index (κ2) is 11.1. The molecule has 0 aliphatic carbocycles. The van der Waals surface area contributed by atoms with E-state index >= 15 is 0 Å². The fraction of sp³-hybridized carbons (Fsp3) is 0.125. The van der Waals surface area contributed by atoms with Crippen molar-refractivity contribution >= 4 is 40.1 Å². The average Bonchev–Trinajstić information content (AvgIpc) is 3.27. The van der Waals surface area contributed by atoms with E-state index in [2.05, 4.69) is 26.5 Å². The minimum absolute atomic E-state index is 0.180. The first-order valence-electron chi connectivity index (χ1n) is 9.66. The number of esters is 1. The highest BCUT2D eigenvalue weighted by molar-refractivity contribution is 9.10. The summed E-state index contributed by atoms with van der Waals surface area (Å²) < 4.78 is 16.9. The number of hydrogen-bond acceptors (Lipinski definition) is 6. The number of benzene rings is 2.